The number of carbonyl (C=O) groups excluding carboxylic acids is 3. The number of amides is 3. The zero-order valence-electron chi connectivity index (χ0n) is 16.5. The number of nitrogens with one attached hydrogen (secondary N) is 1. The van der Waals surface area contributed by atoms with Crippen LogP contribution in [0.15, 0.2) is 30.3 Å². The van der Waals surface area contributed by atoms with Crippen LogP contribution in [0.2, 0.25) is 0 Å². The third kappa shape index (κ3) is 4.52. The van der Waals surface area contributed by atoms with Crippen LogP contribution in [0.1, 0.15) is 31.7 Å². The third-order valence-electron chi connectivity index (χ3n) is 5.48. The quantitative estimate of drug-likeness (QED) is 0.725. The van der Waals surface area contributed by atoms with Gasteiger partial charge >= 0.3 is 0 Å². The number of benzene rings is 1. The lowest BCUT2D eigenvalue weighted by molar-refractivity contribution is -0.138. The summed E-state index contributed by atoms with van der Waals surface area (Å²) >= 11 is 0. The van der Waals surface area contributed by atoms with Gasteiger partial charge < -0.3 is 20.7 Å². The highest BCUT2D eigenvalue weighted by molar-refractivity contribution is 5.97. The van der Waals surface area contributed by atoms with Crippen molar-refractivity contribution in [1.82, 2.24) is 10.2 Å². The number of nitrogens with two attached hydrogens (primary N) is 1. The second-order valence-corrected chi connectivity index (χ2v) is 8.02. The normalized spacial score (nSPS) is 25.2. The van der Waals surface area contributed by atoms with Crippen molar-refractivity contribution in [3.8, 4) is 0 Å². The Kier molecular flexibility index (Phi) is 6.34. The Morgan fingerprint density at radius 2 is 1.79 bits per heavy atom. The van der Waals surface area contributed by atoms with Crippen molar-refractivity contribution >= 4 is 17.7 Å². The lowest BCUT2D eigenvalue weighted by atomic mass is 10.0. The van der Waals surface area contributed by atoms with E-state index in [1.807, 2.05) is 44.2 Å². The largest absolute Gasteiger partial charge is 0.378 e. The molecule has 2 aliphatic rings. The standard InChI is InChI=1S/C21H29N3O4/c1-13(2)12-15(19(22)25)23-20(26)17-16(14-6-4-3-5-7-14)18(17)21(27)24-8-10-28-11-9-24/h3-7,13,15-18H,8-12H2,1-2H3,(H2,22,25)(H,23,26)/t15-,16+,17-,18?/m1/s1. The van der Waals surface area contributed by atoms with Crippen LogP contribution in [-0.4, -0.2) is 55.0 Å². The minimum absolute atomic E-state index is 0.0169. The summed E-state index contributed by atoms with van der Waals surface area (Å²) in [5.74, 6) is -1.69. The van der Waals surface area contributed by atoms with Crippen molar-refractivity contribution in [3.05, 3.63) is 35.9 Å². The molecule has 28 heavy (non-hydrogen) atoms. The summed E-state index contributed by atoms with van der Waals surface area (Å²) in [5, 5.41) is 2.79. The number of hydrogen-bond donors (Lipinski definition) is 2. The van der Waals surface area contributed by atoms with E-state index < -0.39 is 23.8 Å². The topological polar surface area (TPSA) is 102 Å². The Balaban J connectivity index is 1.76. The number of morpholine rings is 1. The van der Waals surface area contributed by atoms with Gasteiger partial charge in [-0.3, -0.25) is 14.4 Å². The van der Waals surface area contributed by atoms with E-state index in [-0.39, 0.29) is 23.7 Å². The van der Waals surface area contributed by atoms with Gasteiger partial charge in [0.05, 0.1) is 25.0 Å². The fourth-order valence-electron chi connectivity index (χ4n) is 4.01. The lowest BCUT2D eigenvalue weighted by Gasteiger charge is -2.27. The van der Waals surface area contributed by atoms with Crippen molar-refractivity contribution in [1.29, 1.82) is 0 Å². The van der Waals surface area contributed by atoms with Gasteiger partial charge in [0.15, 0.2) is 0 Å². The van der Waals surface area contributed by atoms with Crippen LogP contribution >= 0.6 is 0 Å². The van der Waals surface area contributed by atoms with Crippen LogP contribution < -0.4 is 11.1 Å². The first-order valence-electron chi connectivity index (χ1n) is 9.91. The van der Waals surface area contributed by atoms with Gasteiger partial charge in [-0.2, -0.15) is 0 Å². The lowest BCUT2D eigenvalue weighted by Crippen LogP contribution is -2.46. The molecule has 3 amide bonds. The van der Waals surface area contributed by atoms with E-state index >= 15 is 0 Å². The average Bonchev–Trinajstić information content (AvgIpc) is 3.43. The van der Waals surface area contributed by atoms with Gasteiger partial charge in [0.2, 0.25) is 17.7 Å². The molecule has 0 aromatic heterocycles. The highest BCUT2D eigenvalue weighted by Crippen LogP contribution is 2.55. The smallest absolute Gasteiger partial charge is 0.240 e. The fourth-order valence-corrected chi connectivity index (χ4v) is 4.01. The number of carbonyl (C=O) groups is 3. The number of nitrogens with zero attached hydrogens (tertiary/aromatic N) is 1. The molecule has 2 fully saturated rings. The molecule has 3 N–H and O–H groups in total. The Labute approximate surface area is 165 Å². The van der Waals surface area contributed by atoms with E-state index in [1.165, 1.54) is 0 Å². The fraction of sp³-hybridized carbons (Fsp3) is 0.571. The number of hydrogen-bond acceptors (Lipinski definition) is 4. The minimum atomic E-state index is -0.719. The van der Waals surface area contributed by atoms with Gasteiger partial charge in [-0.15, -0.1) is 0 Å². The molecule has 152 valence electrons. The van der Waals surface area contributed by atoms with Crippen molar-refractivity contribution in [2.24, 2.45) is 23.5 Å². The van der Waals surface area contributed by atoms with Crippen LogP contribution in [0.25, 0.3) is 0 Å². The Morgan fingerprint density at radius 3 is 2.36 bits per heavy atom. The second-order valence-electron chi connectivity index (χ2n) is 8.02. The molecule has 4 atom stereocenters. The molecule has 1 aliphatic carbocycles. The summed E-state index contributed by atoms with van der Waals surface area (Å²) in [6.45, 7) is 6.06. The molecule has 7 nitrogen and oxygen atoms in total. The number of rotatable bonds is 7. The predicted octanol–water partition coefficient (Wildman–Crippen LogP) is 0.891. The van der Waals surface area contributed by atoms with Gasteiger partial charge in [-0.1, -0.05) is 44.2 Å². The highest BCUT2D eigenvalue weighted by Gasteiger charge is 2.60. The Morgan fingerprint density at radius 1 is 1.14 bits per heavy atom. The molecule has 1 aromatic rings. The molecule has 0 radical (unpaired) electrons. The first-order chi connectivity index (χ1) is 13.4. The van der Waals surface area contributed by atoms with Crippen molar-refractivity contribution in [2.45, 2.75) is 32.2 Å². The van der Waals surface area contributed by atoms with Gasteiger partial charge in [0, 0.05) is 19.0 Å². The van der Waals surface area contributed by atoms with Crippen molar-refractivity contribution in [3.63, 3.8) is 0 Å². The zero-order valence-corrected chi connectivity index (χ0v) is 16.5. The van der Waals surface area contributed by atoms with E-state index in [4.69, 9.17) is 10.5 Å². The SMILES string of the molecule is CC(C)C[C@@H](NC(=O)[C@H]1C(C(=O)N2CCOCC2)[C@H]1c1ccccc1)C(N)=O. The maximum absolute atomic E-state index is 13.1. The summed E-state index contributed by atoms with van der Waals surface area (Å²) in [6.07, 6.45) is 0.478. The summed E-state index contributed by atoms with van der Waals surface area (Å²) in [7, 11) is 0. The molecule has 1 aliphatic heterocycles. The van der Waals surface area contributed by atoms with Gasteiger partial charge in [-0.05, 0) is 17.9 Å². The maximum Gasteiger partial charge on any atom is 0.240 e. The van der Waals surface area contributed by atoms with Crippen molar-refractivity contribution < 1.29 is 19.1 Å². The van der Waals surface area contributed by atoms with E-state index in [0.717, 1.165) is 5.56 Å². The molecular formula is C21H29N3O4. The number of primary amides is 1. The van der Waals surface area contributed by atoms with E-state index in [0.29, 0.717) is 32.7 Å². The number of ether oxygens (including phenoxy) is 1. The highest BCUT2D eigenvalue weighted by atomic mass is 16.5. The molecular weight excluding hydrogens is 358 g/mol. The summed E-state index contributed by atoms with van der Waals surface area (Å²) in [6, 6.07) is 8.89. The molecule has 1 heterocycles. The second kappa shape index (κ2) is 8.73. The monoisotopic (exact) mass is 387 g/mol. The van der Waals surface area contributed by atoms with Gasteiger partial charge in [-0.25, -0.2) is 0 Å². The van der Waals surface area contributed by atoms with Gasteiger partial charge in [0.1, 0.15) is 6.04 Å². The first kappa shape index (κ1) is 20.3. The van der Waals surface area contributed by atoms with E-state index in [9.17, 15) is 14.4 Å². The van der Waals surface area contributed by atoms with Crippen LogP contribution in [-0.2, 0) is 19.1 Å². The predicted molar refractivity (Wildman–Crippen MR) is 104 cm³/mol. The molecule has 1 aromatic carbocycles. The Hall–Kier alpha value is -2.41. The Bertz CT molecular complexity index is 716. The van der Waals surface area contributed by atoms with Crippen LogP contribution in [0, 0.1) is 17.8 Å². The maximum atomic E-state index is 13.1. The molecule has 0 bridgehead atoms. The molecule has 7 heteroatoms. The average molecular weight is 387 g/mol. The molecule has 1 saturated heterocycles. The molecule has 3 rings (SSSR count). The van der Waals surface area contributed by atoms with E-state index in [1.54, 1.807) is 4.90 Å². The summed E-state index contributed by atoms with van der Waals surface area (Å²) in [5.41, 5.74) is 6.43. The molecule has 1 saturated carbocycles. The third-order valence-corrected chi connectivity index (χ3v) is 5.48. The minimum Gasteiger partial charge on any atom is -0.378 e. The summed E-state index contributed by atoms with van der Waals surface area (Å²) in [4.78, 5) is 39.5. The van der Waals surface area contributed by atoms with Gasteiger partial charge in [0.25, 0.3) is 0 Å². The van der Waals surface area contributed by atoms with E-state index in [2.05, 4.69) is 5.32 Å². The van der Waals surface area contributed by atoms with Crippen LogP contribution in [0.3, 0.4) is 0 Å². The first-order valence-corrected chi connectivity index (χ1v) is 9.91. The molecule has 1 unspecified atom stereocenters. The zero-order chi connectivity index (χ0) is 20.3. The van der Waals surface area contributed by atoms with Crippen LogP contribution in [0.5, 0.6) is 0 Å². The van der Waals surface area contributed by atoms with Crippen LogP contribution in [0.4, 0.5) is 0 Å². The summed E-state index contributed by atoms with van der Waals surface area (Å²) < 4.78 is 5.33. The molecule has 0 spiro atoms. The van der Waals surface area contributed by atoms with Crippen molar-refractivity contribution in [2.75, 3.05) is 26.3 Å².